The zero-order valence-electron chi connectivity index (χ0n) is 52.3. The fourth-order valence-corrected chi connectivity index (χ4v) is 13.4. The van der Waals surface area contributed by atoms with E-state index in [0.717, 1.165) is 100 Å². The molecule has 18 nitrogen and oxygen atoms in total. The number of nitrogens with one attached hydrogen (secondary N) is 3. The van der Waals surface area contributed by atoms with Gasteiger partial charge in [-0.1, -0.05) is 148 Å². The number of halogens is 1. The van der Waals surface area contributed by atoms with E-state index in [1.165, 1.54) is 40.3 Å². The Morgan fingerprint density at radius 3 is 1.53 bits per heavy atom. The normalized spacial score (nSPS) is 15.2. The second kappa shape index (κ2) is 30.0. The van der Waals surface area contributed by atoms with Crippen molar-refractivity contribution in [2.75, 3.05) is 53.4 Å². The molecule has 4 aliphatic rings. The number of fused-ring (bicyclic) bond motifs is 8. The van der Waals surface area contributed by atoms with Crippen molar-refractivity contribution in [3.8, 4) is 11.4 Å². The molecule has 3 N–H and O–H groups in total. The maximum absolute atomic E-state index is 13.8. The highest BCUT2D eigenvalue weighted by atomic mass is 79.9. The Labute approximate surface area is 534 Å². The van der Waals surface area contributed by atoms with Crippen LogP contribution in [0.3, 0.4) is 0 Å². The number of aryl methyl sites for hydroxylation is 2. The van der Waals surface area contributed by atoms with Crippen molar-refractivity contribution in [2.45, 2.75) is 135 Å². The molecule has 2 aromatic heterocycles. The zero-order valence-corrected chi connectivity index (χ0v) is 53.9. The van der Waals surface area contributed by atoms with Crippen LogP contribution in [-0.4, -0.2) is 81.0 Å². The summed E-state index contributed by atoms with van der Waals surface area (Å²) >= 11 is 3.30. The summed E-state index contributed by atoms with van der Waals surface area (Å²) in [4.78, 5) is 67.5. The van der Waals surface area contributed by atoms with Crippen molar-refractivity contribution in [1.29, 1.82) is 0 Å². The second-order valence-electron chi connectivity index (χ2n) is 23.0. The molecule has 472 valence electrons. The first-order valence-electron chi connectivity index (χ1n) is 31.3. The van der Waals surface area contributed by atoms with Crippen molar-refractivity contribution >= 4 is 73.0 Å². The van der Waals surface area contributed by atoms with Gasteiger partial charge in [-0.2, -0.15) is 5.10 Å². The molecule has 19 heteroatoms. The van der Waals surface area contributed by atoms with Gasteiger partial charge < -0.3 is 34.3 Å². The molecule has 1 aliphatic carbocycles. The highest BCUT2D eigenvalue weighted by Gasteiger charge is 2.50. The van der Waals surface area contributed by atoms with Gasteiger partial charge in [0.25, 0.3) is 11.4 Å². The number of non-ortho nitro benzene ring substituents is 2. The van der Waals surface area contributed by atoms with Crippen LogP contribution in [0.1, 0.15) is 131 Å². The average Bonchev–Trinajstić information content (AvgIpc) is 1.60. The smallest absolute Gasteiger partial charge is 0.269 e. The van der Waals surface area contributed by atoms with Crippen LogP contribution in [-0.2, 0) is 77.5 Å². The SMILES string of the molecule is BrCCOCc1ccccc1.CCC1(CC)C(=O)N(CCOCc2ccccc2)c2cc3c4c([nH]c3cc21)-c1[nH]ncc1CCC4.CCC1(CC)C(=O)N(CCOCc2ccccc2)c2ccc([N+](=O)[O-])cc21.CCC1(CC)C(=O)Nc2ccc([N+](=O)[O-])cc21. The standard InChI is InChI=1S/C29H32N4O2.C21H24N2O4.C12H14N2O3.C9H11BrO/c1-3-29(4-2)23-16-24-22(21-12-8-11-20-17-30-32-26(20)27(21)31-24)15-25(23)33(28(29)34)13-14-35-18-19-9-6-5-7-10-19;1-3-21(4-2)18-14-17(23(25)26)10-11-19(18)22(20(21)24)12-13-27-15-16-8-6-5-7-9-16;1-3-12(4-2)9-7-8(14(16)17)5-6-10(9)13-11(12)15;10-6-7-11-8-9-4-2-1-3-5-9/h5-7,9-10,15-17,31H,3-4,8,11-14,18H2,1-2H3,(H,30,32);5-11,14H,3-4,12-13,15H2,1-2H3;5-7H,3-4H2,1-2H3,(H,13,15);1-5H,6-8H2. The lowest BCUT2D eigenvalue weighted by atomic mass is 9.76. The Balaban J connectivity index is 0.000000154. The largest absolute Gasteiger partial charge is 0.376 e. The van der Waals surface area contributed by atoms with Crippen LogP contribution in [0.4, 0.5) is 28.4 Å². The van der Waals surface area contributed by atoms with Crippen molar-refractivity contribution in [3.05, 3.63) is 210 Å². The number of hydrogen-bond acceptors (Lipinski definition) is 11. The molecule has 8 aromatic rings. The number of benzene rings is 6. The second-order valence-corrected chi connectivity index (χ2v) is 23.8. The van der Waals surface area contributed by atoms with Crippen molar-refractivity contribution in [2.24, 2.45) is 0 Å². The van der Waals surface area contributed by atoms with Gasteiger partial charge >= 0.3 is 0 Å². The minimum Gasteiger partial charge on any atom is -0.376 e. The average molecular weight is 1290 g/mol. The molecule has 90 heavy (non-hydrogen) atoms. The molecule has 0 radical (unpaired) electrons. The molecule has 5 heterocycles. The number of anilines is 3. The summed E-state index contributed by atoms with van der Waals surface area (Å²) in [5.74, 6) is 0.153. The number of aromatic nitrogens is 3. The molecule has 0 bridgehead atoms. The number of carbonyl (C=O) groups is 3. The van der Waals surface area contributed by atoms with Crippen LogP contribution >= 0.6 is 15.9 Å². The summed E-state index contributed by atoms with van der Waals surface area (Å²) < 4.78 is 17.0. The third kappa shape index (κ3) is 13.6. The molecule has 0 saturated carbocycles. The highest BCUT2D eigenvalue weighted by Crippen LogP contribution is 2.50. The van der Waals surface area contributed by atoms with Gasteiger partial charge in [-0.25, -0.2) is 0 Å². The van der Waals surface area contributed by atoms with Gasteiger partial charge in [-0.05, 0) is 127 Å². The molecule has 3 aliphatic heterocycles. The zero-order chi connectivity index (χ0) is 64.0. The van der Waals surface area contributed by atoms with Crippen LogP contribution in [0, 0.1) is 20.2 Å². The molecular weight excluding hydrogens is 1200 g/mol. The van der Waals surface area contributed by atoms with Gasteiger partial charge in [-0.15, -0.1) is 0 Å². The van der Waals surface area contributed by atoms with E-state index in [2.05, 4.69) is 86.7 Å². The van der Waals surface area contributed by atoms with E-state index in [0.29, 0.717) is 77.5 Å². The number of carbonyl (C=O) groups excluding carboxylic acids is 3. The van der Waals surface area contributed by atoms with E-state index in [1.807, 2.05) is 106 Å². The summed E-state index contributed by atoms with van der Waals surface area (Å²) in [5.41, 5.74) is 12.8. The molecule has 3 amide bonds. The Hall–Kier alpha value is -8.36. The Kier molecular flexibility index (Phi) is 22.0. The van der Waals surface area contributed by atoms with E-state index >= 15 is 0 Å². The third-order valence-corrected chi connectivity index (χ3v) is 18.8. The highest BCUT2D eigenvalue weighted by molar-refractivity contribution is 9.09. The predicted molar refractivity (Wildman–Crippen MR) is 356 cm³/mol. The van der Waals surface area contributed by atoms with Crippen LogP contribution in [0.25, 0.3) is 22.3 Å². The van der Waals surface area contributed by atoms with E-state index in [-0.39, 0.29) is 29.1 Å². The van der Waals surface area contributed by atoms with Crippen LogP contribution in [0.5, 0.6) is 0 Å². The predicted octanol–water partition coefficient (Wildman–Crippen LogP) is 15.1. The molecule has 12 rings (SSSR count). The number of aromatic amines is 2. The quantitative estimate of drug-likeness (QED) is 0.0250. The summed E-state index contributed by atoms with van der Waals surface area (Å²) in [5, 5.41) is 34.4. The van der Waals surface area contributed by atoms with Gasteiger partial charge in [0.1, 0.15) is 0 Å². The third-order valence-electron chi connectivity index (χ3n) is 18.5. The first-order chi connectivity index (χ1) is 43.7. The van der Waals surface area contributed by atoms with E-state index in [1.54, 1.807) is 23.1 Å². The number of amides is 3. The van der Waals surface area contributed by atoms with Crippen molar-refractivity contribution in [3.63, 3.8) is 0 Å². The van der Waals surface area contributed by atoms with Crippen LogP contribution < -0.4 is 15.1 Å². The molecule has 0 fully saturated rings. The fourth-order valence-electron chi connectivity index (χ4n) is 13.2. The topological polar surface area (TPSA) is 228 Å². The molecule has 6 aromatic carbocycles. The molecule has 0 spiro atoms. The lowest BCUT2D eigenvalue weighted by molar-refractivity contribution is -0.385. The number of alkyl halides is 1. The first kappa shape index (κ1) is 66.1. The number of nitro groups is 2. The summed E-state index contributed by atoms with van der Waals surface area (Å²) in [7, 11) is 0. The van der Waals surface area contributed by atoms with Crippen LogP contribution in [0.15, 0.2) is 146 Å². The first-order valence-corrected chi connectivity index (χ1v) is 32.5. The molecule has 0 saturated heterocycles. The summed E-state index contributed by atoms with van der Waals surface area (Å²) in [6, 6.07) is 44.0. The monoisotopic (exact) mass is 1280 g/mol. The number of rotatable bonds is 22. The summed E-state index contributed by atoms with van der Waals surface area (Å²) in [6.07, 6.45) is 9.15. The van der Waals surface area contributed by atoms with Gasteiger partial charge in [-0.3, -0.25) is 39.7 Å². The summed E-state index contributed by atoms with van der Waals surface area (Å²) in [6.45, 7) is 16.5. The number of H-pyrrole nitrogens is 2. The molecular formula is C71H81BrN8O10. The van der Waals surface area contributed by atoms with Gasteiger partial charge in [0.2, 0.25) is 17.7 Å². The van der Waals surface area contributed by atoms with Crippen molar-refractivity contribution < 1.29 is 38.4 Å². The number of ether oxygens (including phenoxy) is 3. The Bertz CT molecular complexity index is 3790. The van der Waals surface area contributed by atoms with E-state index in [9.17, 15) is 34.6 Å². The van der Waals surface area contributed by atoms with E-state index in [4.69, 9.17) is 14.2 Å². The maximum atomic E-state index is 13.8. The number of hydrogen-bond donors (Lipinski definition) is 3. The fraction of sp³-hybridized carbons (Fsp3) is 0.380. The lowest BCUT2D eigenvalue weighted by Crippen LogP contribution is -2.41. The van der Waals surface area contributed by atoms with E-state index < -0.39 is 26.1 Å². The van der Waals surface area contributed by atoms with Gasteiger partial charge in [0.15, 0.2) is 0 Å². The molecule has 0 atom stereocenters. The lowest BCUT2D eigenvalue weighted by Gasteiger charge is -2.26. The van der Waals surface area contributed by atoms with Gasteiger partial charge in [0.05, 0.1) is 83.3 Å². The maximum Gasteiger partial charge on any atom is 0.269 e. The minimum absolute atomic E-state index is 0.00584. The number of nitro benzene ring substituents is 2. The van der Waals surface area contributed by atoms with Crippen LogP contribution in [0.2, 0.25) is 0 Å². The van der Waals surface area contributed by atoms with Gasteiger partial charge in [0, 0.05) is 70.7 Å². The Morgan fingerprint density at radius 1 is 0.556 bits per heavy atom. The molecule has 0 unspecified atom stereocenters. The minimum atomic E-state index is -0.694. The number of nitrogens with zero attached hydrogens (tertiary/aromatic N) is 5. The Morgan fingerprint density at radius 2 is 1.03 bits per heavy atom. The van der Waals surface area contributed by atoms with Crippen molar-refractivity contribution in [1.82, 2.24) is 15.2 Å².